The Balaban J connectivity index is 1.77. The van der Waals surface area contributed by atoms with Crippen molar-refractivity contribution < 1.29 is 4.79 Å². The van der Waals surface area contributed by atoms with Crippen LogP contribution in [0.2, 0.25) is 0 Å². The van der Waals surface area contributed by atoms with Crippen molar-refractivity contribution in [3.05, 3.63) is 28.7 Å². The van der Waals surface area contributed by atoms with E-state index in [4.69, 9.17) is 5.73 Å². The smallest absolute Gasteiger partial charge is 0.329 e. The Kier molecular flexibility index (Phi) is 5.09. The minimum Gasteiger partial charge on any atom is -0.374 e. The molecular weight excluding hydrogens is 360 g/mol. The Hall–Kier alpha value is -2.33. The molecule has 0 spiro atoms. The predicted octanol–water partition coefficient (Wildman–Crippen LogP) is 2.01. The molecule has 0 aliphatic carbocycles. The number of fused-ring (bicyclic) bond motifs is 1. The summed E-state index contributed by atoms with van der Waals surface area (Å²) in [5.41, 5.74) is 7.82. The third-order valence-electron chi connectivity index (χ3n) is 3.68. The maximum Gasteiger partial charge on any atom is 0.329 e. The molecule has 3 N–H and O–H groups in total. The summed E-state index contributed by atoms with van der Waals surface area (Å²) in [6.45, 7) is 5.05. The monoisotopic (exact) mass is 378 g/mol. The molecule has 0 saturated heterocycles. The fourth-order valence-corrected chi connectivity index (χ4v) is 4.05. The number of nitrogens with two attached hydrogens (primary N) is 1. The maximum atomic E-state index is 12.4. The summed E-state index contributed by atoms with van der Waals surface area (Å²) in [5.74, 6) is 0.0573. The van der Waals surface area contributed by atoms with Crippen LogP contribution in [-0.4, -0.2) is 31.0 Å². The molecule has 0 fully saturated rings. The van der Waals surface area contributed by atoms with Crippen molar-refractivity contribution in [1.29, 1.82) is 0 Å². The fourth-order valence-electron chi connectivity index (χ4n) is 2.61. The molecule has 0 atom stereocenters. The quantitative estimate of drug-likeness (QED) is 0.635. The highest BCUT2D eigenvalue weighted by molar-refractivity contribution is 8.01. The largest absolute Gasteiger partial charge is 0.374 e. The van der Waals surface area contributed by atoms with E-state index >= 15 is 0 Å². The fraction of sp³-hybridized carbons (Fsp3) is 0.333. The second kappa shape index (κ2) is 7.28. The molecule has 3 rings (SSSR count). The SMILES string of the molecule is CCn1c(=O)n(CC)c2cc(NC(=O)CSc3nnc(N)s3)ccc21. The van der Waals surface area contributed by atoms with E-state index in [1.807, 2.05) is 26.0 Å². The number of carbonyl (C=O) groups is 1. The van der Waals surface area contributed by atoms with E-state index in [2.05, 4.69) is 15.5 Å². The van der Waals surface area contributed by atoms with E-state index in [9.17, 15) is 9.59 Å². The minimum atomic E-state index is -0.154. The topological polar surface area (TPSA) is 108 Å². The van der Waals surface area contributed by atoms with Gasteiger partial charge in [0.25, 0.3) is 0 Å². The first-order valence-corrected chi connectivity index (χ1v) is 9.58. The van der Waals surface area contributed by atoms with Crippen molar-refractivity contribution in [2.45, 2.75) is 31.3 Å². The third-order valence-corrected chi connectivity index (χ3v) is 5.57. The first-order chi connectivity index (χ1) is 12.0. The molecule has 0 saturated carbocycles. The van der Waals surface area contributed by atoms with Crippen molar-refractivity contribution in [3.63, 3.8) is 0 Å². The number of amides is 1. The van der Waals surface area contributed by atoms with Gasteiger partial charge in [-0.25, -0.2) is 4.79 Å². The Morgan fingerprint density at radius 1 is 1.24 bits per heavy atom. The molecule has 1 amide bonds. The van der Waals surface area contributed by atoms with Gasteiger partial charge in [0.1, 0.15) is 0 Å². The Labute approximate surface area is 152 Å². The van der Waals surface area contributed by atoms with Crippen LogP contribution in [0, 0.1) is 0 Å². The Morgan fingerprint density at radius 2 is 1.96 bits per heavy atom. The van der Waals surface area contributed by atoms with Crippen molar-refractivity contribution in [2.75, 3.05) is 16.8 Å². The number of rotatable bonds is 6. The molecule has 0 aliphatic heterocycles. The highest BCUT2D eigenvalue weighted by Gasteiger charge is 2.13. The van der Waals surface area contributed by atoms with Gasteiger partial charge in [-0.15, -0.1) is 10.2 Å². The highest BCUT2D eigenvalue weighted by Crippen LogP contribution is 2.24. The van der Waals surface area contributed by atoms with Gasteiger partial charge < -0.3 is 11.1 Å². The summed E-state index contributed by atoms with van der Waals surface area (Å²) < 4.78 is 4.08. The Bertz CT molecular complexity index is 974. The lowest BCUT2D eigenvalue weighted by molar-refractivity contribution is -0.113. The number of nitrogens with one attached hydrogen (secondary N) is 1. The maximum absolute atomic E-state index is 12.4. The molecule has 2 heterocycles. The zero-order valence-corrected chi connectivity index (χ0v) is 15.5. The zero-order chi connectivity index (χ0) is 18.0. The molecule has 132 valence electrons. The van der Waals surface area contributed by atoms with Crippen LogP contribution in [0.15, 0.2) is 27.3 Å². The van der Waals surface area contributed by atoms with Crippen molar-refractivity contribution in [1.82, 2.24) is 19.3 Å². The van der Waals surface area contributed by atoms with Crippen LogP contribution < -0.4 is 16.7 Å². The first-order valence-electron chi connectivity index (χ1n) is 7.78. The van der Waals surface area contributed by atoms with Gasteiger partial charge in [0.05, 0.1) is 16.8 Å². The second-order valence-corrected chi connectivity index (χ2v) is 7.45. The van der Waals surface area contributed by atoms with Crippen molar-refractivity contribution >= 4 is 50.9 Å². The van der Waals surface area contributed by atoms with Crippen molar-refractivity contribution in [3.8, 4) is 0 Å². The van der Waals surface area contributed by atoms with E-state index in [1.165, 1.54) is 23.1 Å². The van der Waals surface area contributed by atoms with E-state index in [-0.39, 0.29) is 17.3 Å². The van der Waals surface area contributed by atoms with Gasteiger partial charge in [-0.05, 0) is 32.0 Å². The van der Waals surface area contributed by atoms with Gasteiger partial charge in [0, 0.05) is 18.8 Å². The lowest BCUT2D eigenvalue weighted by Crippen LogP contribution is -2.23. The van der Waals surface area contributed by atoms with Gasteiger partial charge in [-0.2, -0.15) is 0 Å². The number of thioether (sulfide) groups is 1. The highest BCUT2D eigenvalue weighted by atomic mass is 32.2. The molecular formula is C15H18N6O2S2. The van der Waals surface area contributed by atoms with Crippen LogP contribution in [0.1, 0.15) is 13.8 Å². The molecule has 1 aromatic carbocycles. The average Bonchev–Trinajstić information content (AvgIpc) is 3.12. The van der Waals surface area contributed by atoms with Crippen LogP contribution in [0.4, 0.5) is 10.8 Å². The van der Waals surface area contributed by atoms with Gasteiger partial charge in [0.2, 0.25) is 11.0 Å². The molecule has 8 nitrogen and oxygen atoms in total. The average molecular weight is 378 g/mol. The van der Waals surface area contributed by atoms with Crippen LogP contribution in [0.3, 0.4) is 0 Å². The summed E-state index contributed by atoms with van der Waals surface area (Å²) >= 11 is 2.53. The molecule has 3 aromatic rings. The summed E-state index contributed by atoms with van der Waals surface area (Å²) in [4.78, 5) is 24.5. The predicted molar refractivity (Wildman–Crippen MR) is 101 cm³/mol. The second-order valence-electron chi connectivity index (χ2n) is 5.22. The number of carbonyl (C=O) groups excluding carboxylic acids is 1. The first kappa shape index (κ1) is 17.5. The summed E-state index contributed by atoms with van der Waals surface area (Å²) in [5, 5.41) is 10.8. The summed E-state index contributed by atoms with van der Waals surface area (Å²) in [7, 11) is 0. The molecule has 0 unspecified atom stereocenters. The molecule has 25 heavy (non-hydrogen) atoms. The standard InChI is InChI=1S/C15H18N6O2S2/c1-3-20-10-6-5-9(7-11(10)21(4-2)15(20)23)17-12(22)8-24-14-19-18-13(16)25-14/h5-7H,3-4,8H2,1-2H3,(H2,16,18)(H,17,22). The minimum absolute atomic E-state index is 0.0344. The van der Waals surface area contributed by atoms with Gasteiger partial charge in [0.15, 0.2) is 4.34 Å². The van der Waals surface area contributed by atoms with Crippen LogP contribution >= 0.6 is 23.1 Å². The van der Waals surface area contributed by atoms with Crippen molar-refractivity contribution in [2.24, 2.45) is 0 Å². The lowest BCUT2D eigenvalue weighted by atomic mass is 10.2. The van der Waals surface area contributed by atoms with E-state index in [1.54, 1.807) is 15.2 Å². The Morgan fingerprint density at radius 3 is 2.60 bits per heavy atom. The number of anilines is 2. The van der Waals surface area contributed by atoms with Gasteiger partial charge >= 0.3 is 5.69 Å². The molecule has 10 heteroatoms. The number of aromatic nitrogens is 4. The number of hydrogen-bond donors (Lipinski definition) is 2. The third kappa shape index (κ3) is 3.54. The number of hydrogen-bond acceptors (Lipinski definition) is 7. The normalized spacial score (nSPS) is 11.1. The van der Waals surface area contributed by atoms with E-state index in [0.29, 0.717) is 28.2 Å². The molecule has 0 bridgehead atoms. The van der Waals surface area contributed by atoms with Crippen LogP contribution in [0.5, 0.6) is 0 Å². The molecule has 2 aromatic heterocycles. The summed E-state index contributed by atoms with van der Waals surface area (Å²) in [6, 6.07) is 5.50. The van der Waals surface area contributed by atoms with E-state index < -0.39 is 0 Å². The number of nitrogen functional groups attached to an aromatic ring is 1. The molecule has 0 aliphatic rings. The van der Waals surface area contributed by atoms with E-state index in [0.717, 1.165) is 11.0 Å². The molecule has 0 radical (unpaired) electrons. The number of nitrogens with zero attached hydrogens (tertiary/aromatic N) is 4. The number of imidazole rings is 1. The van der Waals surface area contributed by atoms with Crippen LogP contribution in [-0.2, 0) is 17.9 Å². The van der Waals surface area contributed by atoms with Gasteiger partial charge in [-0.1, -0.05) is 23.1 Å². The van der Waals surface area contributed by atoms with Gasteiger partial charge in [-0.3, -0.25) is 13.9 Å². The number of benzene rings is 1. The summed E-state index contributed by atoms with van der Waals surface area (Å²) in [6.07, 6.45) is 0. The lowest BCUT2D eigenvalue weighted by Gasteiger charge is -2.06. The van der Waals surface area contributed by atoms with Crippen LogP contribution in [0.25, 0.3) is 11.0 Å². The zero-order valence-electron chi connectivity index (χ0n) is 13.9. The number of aryl methyl sites for hydroxylation is 2.